The van der Waals surface area contributed by atoms with Gasteiger partial charge in [-0.25, -0.2) is 18.1 Å². The molecule has 1 N–H and O–H groups in total. The predicted molar refractivity (Wildman–Crippen MR) is 89.7 cm³/mol. The number of piperazine rings is 1. The third-order valence-electron chi connectivity index (χ3n) is 3.74. The molecule has 0 aromatic carbocycles. The minimum Gasteiger partial charge on any atom is -0.353 e. The Morgan fingerprint density at radius 1 is 1.26 bits per heavy atom. The van der Waals surface area contributed by atoms with Gasteiger partial charge in [0.05, 0.1) is 5.75 Å². The SMILES string of the molecule is CCCS(=O)(=O)NCCC(=O)N1CCN(c2ccccn2)CC1. The van der Waals surface area contributed by atoms with Gasteiger partial charge in [0.1, 0.15) is 5.82 Å². The van der Waals surface area contributed by atoms with Crippen LogP contribution in [-0.2, 0) is 14.8 Å². The second-order valence-corrected chi connectivity index (χ2v) is 7.45. The van der Waals surface area contributed by atoms with Gasteiger partial charge in [-0.3, -0.25) is 4.79 Å². The minimum atomic E-state index is -3.24. The standard InChI is InChI=1S/C15H24N4O3S/c1-2-13-23(21,22)17-8-6-15(20)19-11-9-18(10-12-19)14-5-3-4-7-16-14/h3-5,7,17H,2,6,8-13H2,1H3. The number of amides is 1. The summed E-state index contributed by atoms with van der Waals surface area (Å²) < 4.78 is 25.5. The third-order valence-corrected chi connectivity index (χ3v) is 5.33. The molecule has 1 fully saturated rings. The maximum absolute atomic E-state index is 12.1. The van der Waals surface area contributed by atoms with Crippen molar-refractivity contribution < 1.29 is 13.2 Å². The number of rotatable bonds is 7. The van der Waals surface area contributed by atoms with Gasteiger partial charge in [0, 0.05) is 45.3 Å². The van der Waals surface area contributed by atoms with Gasteiger partial charge in [0.25, 0.3) is 0 Å². The van der Waals surface area contributed by atoms with Crippen molar-refractivity contribution in [3.8, 4) is 0 Å². The van der Waals surface area contributed by atoms with Crippen LogP contribution in [0.1, 0.15) is 19.8 Å². The Balaban J connectivity index is 1.74. The molecule has 2 rings (SSSR count). The van der Waals surface area contributed by atoms with E-state index in [1.165, 1.54) is 0 Å². The Morgan fingerprint density at radius 2 is 2.00 bits per heavy atom. The first-order chi connectivity index (χ1) is 11.0. The van der Waals surface area contributed by atoms with E-state index in [1.54, 1.807) is 11.1 Å². The number of anilines is 1. The number of hydrogen-bond donors (Lipinski definition) is 1. The number of nitrogens with zero attached hydrogens (tertiary/aromatic N) is 3. The fourth-order valence-electron chi connectivity index (χ4n) is 2.54. The molecule has 0 bridgehead atoms. The van der Waals surface area contributed by atoms with Crippen molar-refractivity contribution in [2.24, 2.45) is 0 Å². The lowest BCUT2D eigenvalue weighted by molar-refractivity contribution is -0.131. The van der Waals surface area contributed by atoms with E-state index in [4.69, 9.17) is 0 Å². The van der Waals surface area contributed by atoms with Crippen LogP contribution in [0.25, 0.3) is 0 Å². The molecule has 8 heteroatoms. The molecule has 0 unspecified atom stereocenters. The first-order valence-electron chi connectivity index (χ1n) is 7.93. The molecule has 0 radical (unpaired) electrons. The van der Waals surface area contributed by atoms with Gasteiger partial charge < -0.3 is 9.80 Å². The molecule has 1 aromatic heterocycles. The summed E-state index contributed by atoms with van der Waals surface area (Å²) in [5.41, 5.74) is 0. The number of hydrogen-bond acceptors (Lipinski definition) is 5. The first kappa shape index (κ1) is 17.7. The van der Waals surface area contributed by atoms with E-state index in [1.807, 2.05) is 25.1 Å². The zero-order valence-electron chi connectivity index (χ0n) is 13.4. The molecule has 0 atom stereocenters. The highest BCUT2D eigenvalue weighted by molar-refractivity contribution is 7.89. The Morgan fingerprint density at radius 3 is 2.61 bits per heavy atom. The van der Waals surface area contributed by atoms with Gasteiger partial charge in [-0.1, -0.05) is 13.0 Å². The van der Waals surface area contributed by atoms with Crippen LogP contribution in [-0.4, -0.2) is 62.7 Å². The lowest BCUT2D eigenvalue weighted by atomic mass is 10.2. The normalized spacial score (nSPS) is 15.7. The highest BCUT2D eigenvalue weighted by Crippen LogP contribution is 2.12. The lowest BCUT2D eigenvalue weighted by Gasteiger charge is -2.35. The van der Waals surface area contributed by atoms with E-state index >= 15 is 0 Å². The van der Waals surface area contributed by atoms with E-state index in [-0.39, 0.29) is 24.6 Å². The predicted octanol–water partition coefficient (Wildman–Crippen LogP) is 0.450. The molecule has 0 spiro atoms. The van der Waals surface area contributed by atoms with Gasteiger partial charge in [0.2, 0.25) is 15.9 Å². The Kier molecular flexibility index (Phi) is 6.35. The van der Waals surface area contributed by atoms with Crippen molar-refractivity contribution in [2.45, 2.75) is 19.8 Å². The molecule has 1 saturated heterocycles. The largest absolute Gasteiger partial charge is 0.353 e. The summed E-state index contributed by atoms with van der Waals surface area (Å²) in [5, 5.41) is 0. The maximum Gasteiger partial charge on any atom is 0.224 e. The van der Waals surface area contributed by atoms with Crippen LogP contribution in [0, 0.1) is 0 Å². The minimum absolute atomic E-state index is 0.00938. The number of sulfonamides is 1. The smallest absolute Gasteiger partial charge is 0.224 e. The van der Waals surface area contributed by atoms with Gasteiger partial charge in [-0.2, -0.15) is 0 Å². The first-order valence-corrected chi connectivity index (χ1v) is 9.58. The van der Waals surface area contributed by atoms with E-state index in [0.29, 0.717) is 19.5 Å². The summed E-state index contributed by atoms with van der Waals surface area (Å²) in [6.45, 7) is 4.73. The number of aromatic nitrogens is 1. The van der Waals surface area contributed by atoms with Gasteiger partial charge in [-0.15, -0.1) is 0 Å². The van der Waals surface area contributed by atoms with Gasteiger partial charge >= 0.3 is 0 Å². The van der Waals surface area contributed by atoms with Crippen LogP contribution < -0.4 is 9.62 Å². The van der Waals surface area contributed by atoms with Crippen LogP contribution in [0.5, 0.6) is 0 Å². The second kappa shape index (κ2) is 8.26. The van der Waals surface area contributed by atoms with Crippen LogP contribution >= 0.6 is 0 Å². The topological polar surface area (TPSA) is 82.6 Å². The van der Waals surface area contributed by atoms with Crippen molar-refractivity contribution in [2.75, 3.05) is 43.4 Å². The Labute approximate surface area is 137 Å². The molecule has 0 saturated carbocycles. The number of carbonyl (C=O) groups is 1. The summed E-state index contributed by atoms with van der Waals surface area (Å²) in [6, 6.07) is 5.78. The van der Waals surface area contributed by atoms with E-state index in [9.17, 15) is 13.2 Å². The lowest BCUT2D eigenvalue weighted by Crippen LogP contribution is -2.49. The molecule has 128 valence electrons. The molecule has 1 aromatic rings. The number of carbonyl (C=O) groups excluding carboxylic acids is 1. The molecule has 0 aliphatic carbocycles. The third kappa shape index (κ3) is 5.47. The molecule has 1 aliphatic rings. The van der Waals surface area contributed by atoms with E-state index < -0.39 is 10.0 Å². The van der Waals surface area contributed by atoms with Crippen LogP contribution in [0.2, 0.25) is 0 Å². The summed E-state index contributed by atoms with van der Waals surface area (Å²) in [5.74, 6) is 1.01. The van der Waals surface area contributed by atoms with E-state index in [2.05, 4.69) is 14.6 Å². The average molecular weight is 340 g/mol. The molecular formula is C15H24N4O3S. The molecule has 1 amide bonds. The second-order valence-electron chi connectivity index (χ2n) is 5.52. The molecule has 1 aliphatic heterocycles. The van der Waals surface area contributed by atoms with Crippen molar-refractivity contribution in [3.63, 3.8) is 0 Å². The van der Waals surface area contributed by atoms with Crippen molar-refractivity contribution >= 4 is 21.7 Å². The van der Waals surface area contributed by atoms with Crippen LogP contribution in [0.15, 0.2) is 24.4 Å². The average Bonchev–Trinajstić information content (AvgIpc) is 2.55. The van der Waals surface area contributed by atoms with Crippen molar-refractivity contribution in [1.82, 2.24) is 14.6 Å². The van der Waals surface area contributed by atoms with Gasteiger partial charge in [0.15, 0.2) is 0 Å². The highest BCUT2D eigenvalue weighted by atomic mass is 32.2. The summed E-state index contributed by atoms with van der Waals surface area (Å²) >= 11 is 0. The summed E-state index contributed by atoms with van der Waals surface area (Å²) in [4.78, 5) is 20.4. The van der Waals surface area contributed by atoms with Crippen molar-refractivity contribution in [1.29, 1.82) is 0 Å². The fourth-order valence-corrected chi connectivity index (χ4v) is 3.63. The van der Waals surface area contributed by atoms with Gasteiger partial charge in [-0.05, 0) is 18.6 Å². The fraction of sp³-hybridized carbons (Fsp3) is 0.600. The highest BCUT2D eigenvalue weighted by Gasteiger charge is 2.21. The summed E-state index contributed by atoms with van der Waals surface area (Å²) in [6.07, 6.45) is 2.53. The summed E-state index contributed by atoms with van der Waals surface area (Å²) in [7, 11) is -3.24. The zero-order chi connectivity index (χ0) is 16.7. The Hall–Kier alpha value is -1.67. The Bertz CT molecular complexity index is 598. The maximum atomic E-state index is 12.1. The molecule has 23 heavy (non-hydrogen) atoms. The van der Waals surface area contributed by atoms with E-state index in [0.717, 1.165) is 18.9 Å². The molecule has 2 heterocycles. The molecule has 7 nitrogen and oxygen atoms in total. The quantitative estimate of drug-likeness (QED) is 0.779. The zero-order valence-corrected chi connectivity index (χ0v) is 14.3. The molecular weight excluding hydrogens is 316 g/mol. The van der Waals surface area contributed by atoms with Crippen LogP contribution in [0.4, 0.5) is 5.82 Å². The monoisotopic (exact) mass is 340 g/mol. The number of nitrogens with one attached hydrogen (secondary N) is 1. The number of pyridine rings is 1. The van der Waals surface area contributed by atoms with Crippen LogP contribution in [0.3, 0.4) is 0 Å². The van der Waals surface area contributed by atoms with Crippen molar-refractivity contribution in [3.05, 3.63) is 24.4 Å².